The van der Waals surface area contributed by atoms with Gasteiger partial charge in [0, 0.05) is 23.6 Å². The Morgan fingerprint density at radius 1 is 0.939 bits per heavy atom. The molecule has 168 valence electrons. The Morgan fingerprint density at radius 3 is 2.55 bits per heavy atom. The van der Waals surface area contributed by atoms with Crippen LogP contribution in [-0.2, 0) is 4.79 Å². The third-order valence-electron chi connectivity index (χ3n) is 6.39. The number of rotatable bonds is 5. The highest BCUT2D eigenvalue weighted by molar-refractivity contribution is 6.01. The van der Waals surface area contributed by atoms with Crippen molar-refractivity contribution in [2.75, 3.05) is 24.4 Å². The second-order valence-electron chi connectivity index (χ2n) is 8.42. The number of Topliss-reactive ketones (excluding diaryl/α,β-unsaturated/α-hetero) is 1. The third kappa shape index (κ3) is 4.07. The van der Waals surface area contributed by atoms with Gasteiger partial charge in [-0.25, -0.2) is 0 Å². The number of hydrogen-bond acceptors (Lipinski definition) is 5. The Kier molecular flexibility index (Phi) is 5.78. The van der Waals surface area contributed by atoms with Gasteiger partial charge in [0.05, 0.1) is 31.1 Å². The van der Waals surface area contributed by atoms with Crippen molar-refractivity contribution >= 4 is 17.2 Å². The number of nitrogens with one attached hydrogen (secondary N) is 2. The van der Waals surface area contributed by atoms with E-state index in [1.807, 2.05) is 67.6 Å². The standard InChI is InChI=1S/C28H28N2O3/c1-3-33-20-10-8-9-18(15-20)28-27-24(29-22-12-5-6-13-23(22)30-28)16-19(17-25(27)31)21-11-4-7-14-26(21)32-2/h4-15,19,28-30H,3,16-17H2,1-2H3. The molecule has 33 heavy (non-hydrogen) atoms. The maximum absolute atomic E-state index is 13.7. The average Bonchev–Trinajstić information content (AvgIpc) is 3.01. The number of fused-ring (bicyclic) bond motifs is 1. The Labute approximate surface area is 194 Å². The summed E-state index contributed by atoms with van der Waals surface area (Å²) < 4.78 is 11.3. The maximum atomic E-state index is 13.7. The maximum Gasteiger partial charge on any atom is 0.163 e. The number of ether oxygens (including phenoxy) is 2. The molecule has 0 spiro atoms. The molecule has 5 heteroatoms. The molecule has 1 heterocycles. The van der Waals surface area contributed by atoms with Crippen LogP contribution in [0.1, 0.15) is 42.9 Å². The monoisotopic (exact) mass is 440 g/mol. The smallest absolute Gasteiger partial charge is 0.163 e. The molecule has 1 aliphatic heterocycles. The number of hydrogen-bond donors (Lipinski definition) is 2. The molecule has 3 aromatic carbocycles. The molecule has 0 amide bonds. The van der Waals surface area contributed by atoms with Crippen LogP contribution in [0, 0.1) is 0 Å². The topological polar surface area (TPSA) is 59.6 Å². The van der Waals surface area contributed by atoms with Gasteiger partial charge in [-0.05, 0) is 54.8 Å². The van der Waals surface area contributed by atoms with Gasteiger partial charge in [0.15, 0.2) is 5.78 Å². The number of ketones is 1. The summed E-state index contributed by atoms with van der Waals surface area (Å²) in [4.78, 5) is 13.7. The zero-order valence-corrected chi connectivity index (χ0v) is 18.9. The highest BCUT2D eigenvalue weighted by Crippen LogP contribution is 2.45. The van der Waals surface area contributed by atoms with Gasteiger partial charge in [0.25, 0.3) is 0 Å². The Morgan fingerprint density at radius 2 is 1.73 bits per heavy atom. The van der Waals surface area contributed by atoms with Gasteiger partial charge in [-0.2, -0.15) is 0 Å². The van der Waals surface area contributed by atoms with E-state index in [9.17, 15) is 4.79 Å². The molecular formula is C28H28N2O3. The summed E-state index contributed by atoms with van der Waals surface area (Å²) in [5.74, 6) is 1.83. The van der Waals surface area contributed by atoms with Crippen LogP contribution in [-0.4, -0.2) is 19.5 Å². The summed E-state index contributed by atoms with van der Waals surface area (Å²) >= 11 is 0. The fourth-order valence-corrected chi connectivity index (χ4v) is 4.92. The molecule has 2 unspecified atom stereocenters. The van der Waals surface area contributed by atoms with Crippen molar-refractivity contribution in [2.24, 2.45) is 0 Å². The SMILES string of the molecule is CCOc1cccc(C2Nc3ccccc3NC3=C2C(=O)CC(c2ccccc2OC)C3)c1. The number of anilines is 2. The summed E-state index contributed by atoms with van der Waals surface area (Å²) in [6.07, 6.45) is 1.18. The van der Waals surface area contributed by atoms with Crippen molar-refractivity contribution in [1.82, 2.24) is 0 Å². The van der Waals surface area contributed by atoms with Gasteiger partial charge in [0.1, 0.15) is 11.5 Å². The lowest BCUT2D eigenvalue weighted by Gasteiger charge is -2.30. The lowest BCUT2D eigenvalue weighted by molar-refractivity contribution is -0.116. The molecule has 2 aliphatic rings. The number of allylic oxidation sites excluding steroid dienone is 1. The van der Waals surface area contributed by atoms with Crippen molar-refractivity contribution in [3.8, 4) is 11.5 Å². The van der Waals surface area contributed by atoms with Crippen LogP contribution in [0.5, 0.6) is 11.5 Å². The third-order valence-corrected chi connectivity index (χ3v) is 6.39. The van der Waals surface area contributed by atoms with Crippen LogP contribution in [0.3, 0.4) is 0 Å². The quantitative estimate of drug-likeness (QED) is 0.504. The van der Waals surface area contributed by atoms with Gasteiger partial charge < -0.3 is 20.1 Å². The summed E-state index contributed by atoms with van der Waals surface area (Å²) in [5, 5.41) is 7.22. The van der Waals surface area contributed by atoms with E-state index in [0.29, 0.717) is 13.0 Å². The number of methoxy groups -OCH3 is 1. The number of carbonyl (C=O) groups is 1. The van der Waals surface area contributed by atoms with Crippen molar-refractivity contribution < 1.29 is 14.3 Å². The van der Waals surface area contributed by atoms with Crippen LogP contribution in [0.2, 0.25) is 0 Å². The van der Waals surface area contributed by atoms with Gasteiger partial charge in [0.2, 0.25) is 0 Å². The number of carbonyl (C=O) groups excluding carboxylic acids is 1. The molecule has 0 saturated carbocycles. The van der Waals surface area contributed by atoms with Crippen LogP contribution in [0.4, 0.5) is 11.4 Å². The molecule has 2 atom stereocenters. The summed E-state index contributed by atoms with van der Waals surface area (Å²) in [6, 6.07) is 23.8. The predicted molar refractivity (Wildman–Crippen MR) is 131 cm³/mol. The molecule has 0 aromatic heterocycles. The molecular weight excluding hydrogens is 412 g/mol. The first-order chi connectivity index (χ1) is 16.2. The Balaban J connectivity index is 1.60. The van der Waals surface area contributed by atoms with E-state index in [0.717, 1.165) is 51.7 Å². The summed E-state index contributed by atoms with van der Waals surface area (Å²) in [6.45, 7) is 2.57. The molecule has 5 rings (SSSR count). The minimum Gasteiger partial charge on any atom is -0.496 e. The minimum atomic E-state index is -0.261. The second kappa shape index (κ2) is 9.02. The lowest BCUT2D eigenvalue weighted by atomic mass is 9.78. The van der Waals surface area contributed by atoms with Crippen molar-refractivity contribution in [2.45, 2.75) is 31.7 Å². The van der Waals surface area contributed by atoms with Crippen LogP contribution >= 0.6 is 0 Å². The zero-order valence-electron chi connectivity index (χ0n) is 18.9. The Hall–Kier alpha value is -3.73. The summed E-state index contributed by atoms with van der Waals surface area (Å²) in [5.41, 5.74) is 5.79. The fraction of sp³-hybridized carbons (Fsp3) is 0.250. The molecule has 2 N–H and O–H groups in total. The summed E-state index contributed by atoms with van der Waals surface area (Å²) in [7, 11) is 1.68. The fourth-order valence-electron chi connectivity index (χ4n) is 4.92. The van der Waals surface area contributed by atoms with Gasteiger partial charge >= 0.3 is 0 Å². The first-order valence-electron chi connectivity index (χ1n) is 11.4. The zero-order chi connectivity index (χ0) is 22.8. The van der Waals surface area contributed by atoms with E-state index >= 15 is 0 Å². The van der Waals surface area contributed by atoms with Crippen molar-refractivity contribution in [3.63, 3.8) is 0 Å². The number of benzene rings is 3. The first kappa shape index (κ1) is 21.1. The van der Waals surface area contributed by atoms with Gasteiger partial charge in [-0.1, -0.05) is 42.5 Å². The first-order valence-corrected chi connectivity index (χ1v) is 11.4. The largest absolute Gasteiger partial charge is 0.496 e. The molecule has 3 aromatic rings. The molecule has 5 nitrogen and oxygen atoms in total. The average molecular weight is 441 g/mol. The number of para-hydroxylation sites is 3. The highest BCUT2D eigenvalue weighted by atomic mass is 16.5. The van der Waals surface area contributed by atoms with Crippen molar-refractivity contribution in [3.05, 3.63) is 95.2 Å². The van der Waals surface area contributed by atoms with E-state index in [4.69, 9.17) is 9.47 Å². The van der Waals surface area contributed by atoms with E-state index in [1.54, 1.807) is 7.11 Å². The van der Waals surface area contributed by atoms with E-state index < -0.39 is 0 Å². The molecule has 0 saturated heterocycles. The van der Waals surface area contributed by atoms with Crippen LogP contribution < -0.4 is 20.1 Å². The van der Waals surface area contributed by atoms with E-state index in [1.165, 1.54) is 0 Å². The highest BCUT2D eigenvalue weighted by Gasteiger charge is 2.36. The van der Waals surface area contributed by atoms with Crippen molar-refractivity contribution in [1.29, 1.82) is 0 Å². The molecule has 0 fully saturated rings. The van der Waals surface area contributed by atoms with Crippen LogP contribution in [0.15, 0.2) is 84.1 Å². The minimum absolute atomic E-state index is 0.0561. The molecule has 1 aliphatic carbocycles. The van der Waals surface area contributed by atoms with E-state index in [-0.39, 0.29) is 17.7 Å². The second-order valence-corrected chi connectivity index (χ2v) is 8.42. The Bertz CT molecular complexity index is 1220. The normalized spacial score (nSPS) is 19.5. The van der Waals surface area contributed by atoms with Crippen LogP contribution in [0.25, 0.3) is 0 Å². The van der Waals surface area contributed by atoms with E-state index in [2.05, 4.69) is 22.8 Å². The lowest BCUT2D eigenvalue weighted by Crippen LogP contribution is -2.27. The molecule has 0 radical (unpaired) electrons. The predicted octanol–water partition coefficient (Wildman–Crippen LogP) is 6.07. The molecule has 0 bridgehead atoms. The van der Waals surface area contributed by atoms with Gasteiger partial charge in [-0.15, -0.1) is 0 Å². The van der Waals surface area contributed by atoms with Gasteiger partial charge in [-0.3, -0.25) is 4.79 Å².